The van der Waals surface area contributed by atoms with Gasteiger partial charge in [-0.1, -0.05) is 12.1 Å². The fourth-order valence-corrected chi connectivity index (χ4v) is 3.95. The third-order valence-corrected chi connectivity index (χ3v) is 5.74. The van der Waals surface area contributed by atoms with Crippen LogP contribution in [-0.2, 0) is 15.9 Å². The van der Waals surface area contributed by atoms with Crippen LogP contribution in [0.1, 0.15) is 31.8 Å². The molecule has 0 aromatic heterocycles. The highest BCUT2D eigenvalue weighted by Gasteiger charge is 2.15. The van der Waals surface area contributed by atoms with Crippen molar-refractivity contribution in [3.05, 3.63) is 64.7 Å². The summed E-state index contributed by atoms with van der Waals surface area (Å²) >= 11 is 0. The maximum absolute atomic E-state index is 12.8. The largest absolute Gasteiger partial charge is 0.491 e. The van der Waals surface area contributed by atoms with Crippen molar-refractivity contribution in [2.75, 3.05) is 65.8 Å². The van der Waals surface area contributed by atoms with Crippen LogP contribution in [0.4, 0.5) is 0 Å². The van der Waals surface area contributed by atoms with Gasteiger partial charge in [0.2, 0.25) is 0 Å². The first-order valence-corrected chi connectivity index (χ1v) is 11.5. The molecular formula is C25H31N3O5. The number of nitrogens with zero attached hydrogens (tertiary/aromatic N) is 1. The molecule has 8 heteroatoms. The summed E-state index contributed by atoms with van der Waals surface area (Å²) in [5.74, 6) is 0.486. The highest BCUT2D eigenvalue weighted by atomic mass is 16.5. The Kier molecular flexibility index (Phi) is 8.30. The highest BCUT2D eigenvalue weighted by Crippen LogP contribution is 2.24. The molecule has 0 unspecified atom stereocenters. The number of hydrogen-bond acceptors (Lipinski definition) is 6. The Hall–Kier alpha value is -2.94. The fourth-order valence-electron chi connectivity index (χ4n) is 3.95. The van der Waals surface area contributed by atoms with Crippen LogP contribution in [-0.4, -0.2) is 82.5 Å². The van der Waals surface area contributed by atoms with Crippen molar-refractivity contribution in [2.24, 2.45) is 0 Å². The van der Waals surface area contributed by atoms with E-state index in [1.807, 2.05) is 30.3 Å². The first-order valence-electron chi connectivity index (χ1n) is 11.5. The summed E-state index contributed by atoms with van der Waals surface area (Å²) in [4.78, 5) is 27.5. The third kappa shape index (κ3) is 6.77. The van der Waals surface area contributed by atoms with Crippen molar-refractivity contribution >= 4 is 11.8 Å². The minimum Gasteiger partial charge on any atom is -0.491 e. The SMILES string of the molecule is O=C1NCCOCCOc2ccc(C(=O)NCCN3CCOCC3)cc2Cc2cccc1c2. The van der Waals surface area contributed by atoms with E-state index in [4.69, 9.17) is 14.2 Å². The summed E-state index contributed by atoms with van der Waals surface area (Å²) in [6.45, 7) is 6.35. The number of carbonyl (C=O) groups excluding carboxylic acids is 2. The molecule has 2 amide bonds. The van der Waals surface area contributed by atoms with E-state index in [0.29, 0.717) is 50.5 Å². The number of rotatable bonds is 4. The molecular weight excluding hydrogens is 422 g/mol. The second kappa shape index (κ2) is 11.8. The maximum Gasteiger partial charge on any atom is 0.251 e. The second-order valence-electron chi connectivity index (χ2n) is 8.13. The molecule has 8 nitrogen and oxygen atoms in total. The Labute approximate surface area is 194 Å². The lowest BCUT2D eigenvalue weighted by Gasteiger charge is -2.26. The number of fused-ring (bicyclic) bond motifs is 3. The van der Waals surface area contributed by atoms with Crippen LogP contribution in [0.3, 0.4) is 0 Å². The normalized spacial score (nSPS) is 17.8. The average Bonchev–Trinajstić information content (AvgIpc) is 2.84. The van der Waals surface area contributed by atoms with Crippen molar-refractivity contribution in [1.82, 2.24) is 15.5 Å². The molecule has 1 fully saturated rings. The number of amides is 2. The highest BCUT2D eigenvalue weighted by molar-refractivity contribution is 5.95. The van der Waals surface area contributed by atoms with Gasteiger partial charge in [0.15, 0.2) is 0 Å². The van der Waals surface area contributed by atoms with Gasteiger partial charge in [0, 0.05) is 50.3 Å². The van der Waals surface area contributed by atoms with Crippen molar-refractivity contribution in [3.8, 4) is 5.75 Å². The van der Waals surface area contributed by atoms with Crippen LogP contribution in [0.15, 0.2) is 42.5 Å². The van der Waals surface area contributed by atoms with Crippen molar-refractivity contribution in [3.63, 3.8) is 0 Å². The summed E-state index contributed by atoms with van der Waals surface area (Å²) < 4.78 is 16.9. The molecule has 0 aliphatic carbocycles. The van der Waals surface area contributed by atoms with E-state index in [0.717, 1.165) is 49.7 Å². The average molecular weight is 454 g/mol. The first kappa shape index (κ1) is 23.2. The predicted octanol–water partition coefficient (Wildman–Crippen LogP) is 1.48. The molecule has 1 saturated heterocycles. The first-order chi connectivity index (χ1) is 16.2. The molecule has 0 atom stereocenters. The van der Waals surface area contributed by atoms with Crippen LogP contribution in [0, 0.1) is 0 Å². The summed E-state index contributed by atoms with van der Waals surface area (Å²) in [5, 5.41) is 5.88. The molecule has 2 aromatic rings. The van der Waals surface area contributed by atoms with Crippen LogP contribution < -0.4 is 15.4 Å². The summed E-state index contributed by atoms with van der Waals surface area (Å²) in [6.07, 6.45) is 0.548. The molecule has 4 rings (SSSR count). The van der Waals surface area contributed by atoms with Gasteiger partial charge >= 0.3 is 0 Å². The number of carbonyl (C=O) groups is 2. The molecule has 2 N–H and O–H groups in total. The van der Waals surface area contributed by atoms with Crippen molar-refractivity contribution < 1.29 is 23.8 Å². The van der Waals surface area contributed by atoms with Crippen LogP contribution in [0.2, 0.25) is 0 Å². The van der Waals surface area contributed by atoms with Crippen LogP contribution in [0.25, 0.3) is 0 Å². The minimum absolute atomic E-state index is 0.109. The van der Waals surface area contributed by atoms with E-state index in [1.54, 1.807) is 12.1 Å². The van der Waals surface area contributed by atoms with E-state index >= 15 is 0 Å². The van der Waals surface area contributed by atoms with Gasteiger partial charge in [-0.3, -0.25) is 14.5 Å². The molecule has 176 valence electrons. The van der Waals surface area contributed by atoms with Gasteiger partial charge in [-0.15, -0.1) is 0 Å². The van der Waals surface area contributed by atoms with Gasteiger partial charge in [0.25, 0.3) is 11.8 Å². The van der Waals surface area contributed by atoms with E-state index in [9.17, 15) is 9.59 Å². The fraction of sp³-hybridized carbons (Fsp3) is 0.440. The van der Waals surface area contributed by atoms with E-state index < -0.39 is 0 Å². The summed E-state index contributed by atoms with van der Waals surface area (Å²) in [5.41, 5.74) is 3.06. The molecule has 2 heterocycles. The lowest BCUT2D eigenvalue weighted by molar-refractivity contribution is 0.0383. The van der Waals surface area contributed by atoms with Gasteiger partial charge in [-0.25, -0.2) is 0 Å². The Morgan fingerprint density at radius 3 is 2.73 bits per heavy atom. The quantitative estimate of drug-likeness (QED) is 0.729. The monoisotopic (exact) mass is 453 g/mol. The van der Waals surface area contributed by atoms with E-state index in [1.165, 1.54) is 0 Å². The Bertz CT molecular complexity index is 959. The maximum atomic E-state index is 12.8. The summed E-state index contributed by atoms with van der Waals surface area (Å²) in [6, 6.07) is 13.0. The zero-order chi connectivity index (χ0) is 22.9. The van der Waals surface area contributed by atoms with Gasteiger partial charge in [0.05, 0.1) is 26.4 Å². The number of morpholine rings is 1. The number of hydrogen-bond donors (Lipinski definition) is 2. The number of nitrogens with one attached hydrogen (secondary N) is 2. The lowest BCUT2D eigenvalue weighted by atomic mass is 9.99. The molecule has 2 aromatic carbocycles. The summed E-state index contributed by atoms with van der Waals surface area (Å²) in [7, 11) is 0. The zero-order valence-corrected chi connectivity index (χ0v) is 18.8. The van der Waals surface area contributed by atoms with Gasteiger partial charge in [-0.2, -0.15) is 0 Å². The van der Waals surface area contributed by atoms with Crippen molar-refractivity contribution in [2.45, 2.75) is 6.42 Å². The molecule has 0 saturated carbocycles. The number of benzene rings is 2. The number of ether oxygens (including phenoxy) is 3. The second-order valence-corrected chi connectivity index (χ2v) is 8.13. The standard InChI is InChI=1S/C25H31N3O5/c29-24-20-3-1-2-19(16-20)17-22-18-21(4-5-23(22)33-15-14-31-11-7-27-24)25(30)26-6-8-28-9-12-32-13-10-28/h1-5,16,18H,6-15,17H2,(H,26,30)(H,27,29). The molecule has 2 aliphatic rings. The van der Waals surface area contributed by atoms with E-state index in [2.05, 4.69) is 15.5 Å². The smallest absolute Gasteiger partial charge is 0.251 e. The zero-order valence-electron chi connectivity index (χ0n) is 18.8. The van der Waals surface area contributed by atoms with Crippen LogP contribution in [0.5, 0.6) is 5.75 Å². The predicted molar refractivity (Wildman–Crippen MR) is 124 cm³/mol. The molecule has 2 bridgehead atoms. The lowest BCUT2D eigenvalue weighted by Crippen LogP contribution is -2.41. The van der Waals surface area contributed by atoms with Gasteiger partial charge < -0.3 is 24.8 Å². The molecule has 2 aliphatic heterocycles. The molecule has 33 heavy (non-hydrogen) atoms. The van der Waals surface area contributed by atoms with E-state index in [-0.39, 0.29) is 11.8 Å². The third-order valence-electron chi connectivity index (χ3n) is 5.74. The van der Waals surface area contributed by atoms with Gasteiger partial charge in [0.1, 0.15) is 12.4 Å². The van der Waals surface area contributed by atoms with Crippen LogP contribution >= 0.6 is 0 Å². The molecule has 0 radical (unpaired) electrons. The Morgan fingerprint density at radius 2 is 1.85 bits per heavy atom. The van der Waals surface area contributed by atoms with Gasteiger partial charge in [-0.05, 0) is 41.5 Å². The Morgan fingerprint density at radius 1 is 1.00 bits per heavy atom. The Balaban J connectivity index is 1.48. The topological polar surface area (TPSA) is 89.1 Å². The minimum atomic E-state index is -0.123. The van der Waals surface area contributed by atoms with Crippen molar-refractivity contribution in [1.29, 1.82) is 0 Å². The molecule has 0 spiro atoms.